The monoisotopic (exact) mass is 396 g/mol. The van der Waals surface area contributed by atoms with Gasteiger partial charge in [0.2, 0.25) is 0 Å². The van der Waals surface area contributed by atoms with Crippen molar-refractivity contribution in [2.75, 3.05) is 46.1 Å². The summed E-state index contributed by atoms with van der Waals surface area (Å²) in [7, 11) is 0.139. The summed E-state index contributed by atoms with van der Waals surface area (Å²) in [4.78, 5) is 18.3. The highest BCUT2D eigenvalue weighted by Gasteiger charge is 2.40. The highest BCUT2D eigenvalue weighted by Crippen LogP contribution is 2.23. The molecule has 1 aliphatic rings. The zero-order chi connectivity index (χ0) is 20.1. The van der Waals surface area contributed by atoms with E-state index in [2.05, 4.69) is 15.6 Å². The van der Waals surface area contributed by atoms with E-state index in [0.717, 1.165) is 0 Å². The van der Waals surface area contributed by atoms with Crippen LogP contribution >= 0.6 is 0 Å². The van der Waals surface area contributed by atoms with Gasteiger partial charge in [-0.3, -0.25) is 9.79 Å². The number of carbonyl (C=O) groups is 1. The number of hydrogen-bond acceptors (Lipinski definition) is 5. The van der Waals surface area contributed by atoms with Crippen LogP contribution in [0.15, 0.2) is 29.3 Å². The van der Waals surface area contributed by atoms with Crippen LogP contribution in [-0.4, -0.2) is 76.0 Å². The molecule has 150 valence electrons. The summed E-state index contributed by atoms with van der Waals surface area (Å²) in [5, 5.41) is 6.01. The van der Waals surface area contributed by atoms with Gasteiger partial charge in [0, 0.05) is 38.8 Å². The Bertz CT molecular complexity index is 788. The first-order valence-electron chi connectivity index (χ1n) is 8.80. The Labute approximate surface area is 160 Å². The zero-order valence-corrected chi connectivity index (χ0v) is 17.1. The predicted octanol–water partition coefficient (Wildman–Crippen LogP) is 0.509. The van der Waals surface area contributed by atoms with Crippen LogP contribution < -0.4 is 15.4 Å². The van der Waals surface area contributed by atoms with Gasteiger partial charge in [0.25, 0.3) is 5.91 Å². The third-order valence-corrected chi connectivity index (χ3v) is 7.13. The average molecular weight is 397 g/mol. The van der Waals surface area contributed by atoms with Crippen molar-refractivity contribution >= 4 is 21.7 Å². The molecule has 0 aliphatic carbocycles. The molecular weight excluding hydrogens is 368 g/mol. The van der Waals surface area contributed by atoms with Gasteiger partial charge in [-0.2, -0.15) is 0 Å². The fourth-order valence-electron chi connectivity index (χ4n) is 2.85. The molecule has 1 amide bonds. The summed E-state index contributed by atoms with van der Waals surface area (Å²) in [6.07, 6.45) is 0. The minimum atomic E-state index is -3.10. The average Bonchev–Trinajstić information content (AvgIpc) is 2.64. The number of carbonyl (C=O) groups excluding carboxylic acids is 1. The number of guanidine groups is 1. The lowest BCUT2D eigenvalue weighted by Crippen LogP contribution is -2.57. The minimum Gasteiger partial charge on any atom is -0.497 e. The van der Waals surface area contributed by atoms with Crippen LogP contribution in [0.3, 0.4) is 0 Å². The number of hydrogen-bond donors (Lipinski definition) is 2. The van der Waals surface area contributed by atoms with Crippen LogP contribution in [-0.2, 0) is 9.84 Å². The van der Waals surface area contributed by atoms with Crippen molar-refractivity contribution in [3.8, 4) is 5.75 Å². The van der Waals surface area contributed by atoms with E-state index in [1.54, 1.807) is 52.3 Å². The second-order valence-electron chi connectivity index (χ2n) is 6.96. The Hall–Kier alpha value is -2.29. The van der Waals surface area contributed by atoms with Crippen LogP contribution in [0.25, 0.3) is 0 Å². The molecule has 1 saturated heterocycles. The number of ether oxygens (including phenoxy) is 1. The number of sulfone groups is 1. The lowest BCUT2D eigenvalue weighted by Gasteiger charge is -2.39. The van der Waals surface area contributed by atoms with Gasteiger partial charge in [-0.15, -0.1) is 0 Å². The Morgan fingerprint density at radius 1 is 1.22 bits per heavy atom. The fourth-order valence-corrected chi connectivity index (χ4v) is 4.22. The quantitative estimate of drug-likeness (QED) is 0.427. The van der Waals surface area contributed by atoms with Crippen molar-refractivity contribution in [1.82, 2.24) is 15.5 Å². The molecule has 0 atom stereocenters. The van der Waals surface area contributed by atoms with Gasteiger partial charge in [0.05, 0.1) is 17.6 Å². The summed E-state index contributed by atoms with van der Waals surface area (Å²) in [6, 6.07) is 6.88. The molecule has 0 unspecified atom stereocenters. The van der Waals surface area contributed by atoms with E-state index in [-0.39, 0.29) is 11.7 Å². The normalized spacial score (nSPS) is 18.7. The van der Waals surface area contributed by atoms with E-state index < -0.39 is 14.6 Å². The molecule has 0 spiro atoms. The largest absolute Gasteiger partial charge is 0.497 e. The lowest BCUT2D eigenvalue weighted by molar-refractivity contribution is 0.0954. The van der Waals surface area contributed by atoms with Gasteiger partial charge in [-0.05, 0) is 38.1 Å². The molecule has 2 rings (SSSR count). The van der Waals surface area contributed by atoms with Crippen LogP contribution in [0.1, 0.15) is 24.2 Å². The maximum Gasteiger partial charge on any atom is 0.251 e. The van der Waals surface area contributed by atoms with Crippen molar-refractivity contribution in [3.05, 3.63) is 29.8 Å². The van der Waals surface area contributed by atoms with E-state index in [9.17, 15) is 13.2 Å². The van der Waals surface area contributed by atoms with Crippen molar-refractivity contribution in [1.29, 1.82) is 0 Å². The summed E-state index contributed by atoms with van der Waals surface area (Å²) in [5.41, 5.74) is 0.558. The highest BCUT2D eigenvalue weighted by atomic mass is 32.2. The molecule has 1 aromatic rings. The van der Waals surface area contributed by atoms with E-state index in [4.69, 9.17) is 4.74 Å². The molecule has 0 saturated carbocycles. The molecule has 0 bridgehead atoms. The first-order valence-corrected chi connectivity index (χ1v) is 10.5. The van der Waals surface area contributed by atoms with E-state index in [0.29, 0.717) is 43.5 Å². The Morgan fingerprint density at radius 3 is 2.41 bits per heavy atom. The number of nitrogens with one attached hydrogen (secondary N) is 2. The standard InChI is InChI=1S/C18H28N4O4S/c1-18(2)13-22(11-12-27(18,24)25)17(19-3)21-10-9-20-16(23)14-5-7-15(26-4)8-6-14/h5-8H,9-13H2,1-4H3,(H,19,21)(H,20,23). The van der Waals surface area contributed by atoms with Gasteiger partial charge in [-0.1, -0.05) is 0 Å². The molecule has 27 heavy (non-hydrogen) atoms. The van der Waals surface area contributed by atoms with Crippen LogP contribution in [0.2, 0.25) is 0 Å². The van der Waals surface area contributed by atoms with Gasteiger partial charge < -0.3 is 20.3 Å². The number of benzene rings is 1. The molecule has 0 aromatic heterocycles. The number of methoxy groups -OCH3 is 1. The Morgan fingerprint density at radius 2 is 1.85 bits per heavy atom. The maximum absolute atomic E-state index is 12.1. The molecule has 9 heteroatoms. The molecule has 2 N–H and O–H groups in total. The smallest absolute Gasteiger partial charge is 0.251 e. The summed E-state index contributed by atoms with van der Waals surface area (Å²) >= 11 is 0. The fraction of sp³-hybridized carbons (Fsp3) is 0.556. The third-order valence-electron chi connectivity index (χ3n) is 4.60. The minimum absolute atomic E-state index is 0.106. The van der Waals surface area contributed by atoms with Crippen LogP contribution in [0, 0.1) is 0 Å². The zero-order valence-electron chi connectivity index (χ0n) is 16.3. The molecule has 0 radical (unpaired) electrons. The van der Waals surface area contributed by atoms with Gasteiger partial charge in [0.1, 0.15) is 5.75 Å². The first kappa shape index (κ1) is 21.0. The molecule has 8 nitrogen and oxygen atoms in total. The number of nitrogens with zero attached hydrogens (tertiary/aromatic N) is 2. The molecule has 1 aliphatic heterocycles. The van der Waals surface area contributed by atoms with Crippen LogP contribution in [0.4, 0.5) is 0 Å². The van der Waals surface area contributed by atoms with E-state index in [1.807, 2.05) is 4.90 Å². The second kappa shape index (κ2) is 8.60. The molecule has 1 heterocycles. The number of amides is 1. The second-order valence-corrected chi connectivity index (χ2v) is 9.70. The van der Waals surface area contributed by atoms with Gasteiger partial charge in [-0.25, -0.2) is 8.42 Å². The Balaban J connectivity index is 1.82. The summed E-state index contributed by atoms with van der Waals surface area (Å²) in [6.45, 7) is 5.15. The molecule has 1 fully saturated rings. The van der Waals surface area contributed by atoms with Crippen LogP contribution in [0.5, 0.6) is 5.75 Å². The highest BCUT2D eigenvalue weighted by molar-refractivity contribution is 7.92. The van der Waals surface area contributed by atoms with Crippen molar-refractivity contribution in [2.45, 2.75) is 18.6 Å². The lowest BCUT2D eigenvalue weighted by atomic mass is 10.2. The predicted molar refractivity (Wildman–Crippen MR) is 106 cm³/mol. The van der Waals surface area contributed by atoms with E-state index in [1.165, 1.54) is 0 Å². The Kier molecular flexibility index (Phi) is 6.69. The first-order chi connectivity index (χ1) is 12.7. The maximum atomic E-state index is 12.1. The molecular formula is C18H28N4O4S. The summed E-state index contributed by atoms with van der Waals surface area (Å²) in [5.74, 6) is 1.27. The SMILES string of the molecule is CN=C(NCCNC(=O)c1ccc(OC)cc1)N1CCS(=O)(=O)C(C)(C)C1. The van der Waals surface area contributed by atoms with Crippen molar-refractivity contribution in [3.63, 3.8) is 0 Å². The molecule has 1 aromatic carbocycles. The summed E-state index contributed by atoms with van der Waals surface area (Å²) < 4.78 is 28.5. The third kappa shape index (κ3) is 5.12. The topological polar surface area (TPSA) is 100 Å². The van der Waals surface area contributed by atoms with Gasteiger partial charge in [0.15, 0.2) is 15.8 Å². The van der Waals surface area contributed by atoms with Crippen molar-refractivity contribution < 1.29 is 17.9 Å². The van der Waals surface area contributed by atoms with Crippen molar-refractivity contribution in [2.24, 2.45) is 4.99 Å². The number of rotatable bonds is 5. The number of aliphatic imine (C=N–C) groups is 1. The van der Waals surface area contributed by atoms with E-state index >= 15 is 0 Å². The van der Waals surface area contributed by atoms with Gasteiger partial charge >= 0.3 is 0 Å².